The standard InChI is InChI=1S/C11H22O5/c1-5-16-9(12)6-7-11(2,13)8-10(14-3)15-4/h10,13H,5-8H2,1-4H3. The summed E-state index contributed by atoms with van der Waals surface area (Å²) in [6.45, 7) is 3.76. The van der Waals surface area contributed by atoms with Crippen LogP contribution in [0.4, 0.5) is 0 Å². The highest BCUT2D eigenvalue weighted by molar-refractivity contribution is 5.69. The predicted octanol–water partition coefficient (Wildman–Crippen LogP) is 1.09. The molecule has 16 heavy (non-hydrogen) atoms. The third-order valence-corrected chi connectivity index (χ3v) is 2.31. The molecule has 0 spiro atoms. The maximum atomic E-state index is 11.1. The van der Waals surface area contributed by atoms with Gasteiger partial charge in [0, 0.05) is 27.1 Å². The van der Waals surface area contributed by atoms with Gasteiger partial charge in [0.15, 0.2) is 6.29 Å². The molecule has 0 bridgehead atoms. The lowest BCUT2D eigenvalue weighted by Gasteiger charge is -2.26. The molecule has 5 heteroatoms. The van der Waals surface area contributed by atoms with E-state index in [4.69, 9.17) is 14.2 Å². The van der Waals surface area contributed by atoms with Crippen LogP contribution in [0.5, 0.6) is 0 Å². The molecule has 0 saturated carbocycles. The Morgan fingerprint density at radius 1 is 1.38 bits per heavy atom. The zero-order valence-corrected chi connectivity index (χ0v) is 10.5. The molecule has 0 rings (SSSR count). The van der Waals surface area contributed by atoms with Crippen molar-refractivity contribution in [1.82, 2.24) is 0 Å². The summed E-state index contributed by atoms with van der Waals surface area (Å²) in [5.41, 5.74) is -0.997. The summed E-state index contributed by atoms with van der Waals surface area (Å²) < 4.78 is 14.8. The first-order valence-corrected chi connectivity index (χ1v) is 5.38. The van der Waals surface area contributed by atoms with Crippen molar-refractivity contribution in [3.8, 4) is 0 Å². The molecule has 0 radical (unpaired) electrons. The van der Waals surface area contributed by atoms with Crippen LogP contribution in [-0.2, 0) is 19.0 Å². The Kier molecular flexibility index (Phi) is 7.29. The first-order chi connectivity index (χ1) is 7.45. The summed E-state index contributed by atoms with van der Waals surface area (Å²) in [5, 5.41) is 10.00. The van der Waals surface area contributed by atoms with Gasteiger partial charge in [-0.1, -0.05) is 0 Å². The number of aliphatic hydroxyl groups is 1. The van der Waals surface area contributed by atoms with Gasteiger partial charge in [0.1, 0.15) is 0 Å². The van der Waals surface area contributed by atoms with E-state index in [1.807, 2.05) is 0 Å². The van der Waals surface area contributed by atoms with Crippen LogP contribution in [0.15, 0.2) is 0 Å². The van der Waals surface area contributed by atoms with Crippen molar-refractivity contribution in [3.05, 3.63) is 0 Å². The molecule has 96 valence electrons. The summed E-state index contributed by atoms with van der Waals surface area (Å²) >= 11 is 0. The number of ether oxygens (including phenoxy) is 3. The van der Waals surface area contributed by atoms with Crippen molar-refractivity contribution < 1.29 is 24.1 Å². The average molecular weight is 234 g/mol. The van der Waals surface area contributed by atoms with Crippen LogP contribution in [0.25, 0.3) is 0 Å². The van der Waals surface area contributed by atoms with E-state index in [-0.39, 0.29) is 12.4 Å². The van der Waals surface area contributed by atoms with Crippen LogP contribution in [0.3, 0.4) is 0 Å². The lowest BCUT2D eigenvalue weighted by atomic mass is 9.96. The molecule has 1 atom stereocenters. The van der Waals surface area contributed by atoms with Crippen molar-refractivity contribution in [3.63, 3.8) is 0 Å². The predicted molar refractivity (Wildman–Crippen MR) is 58.9 cm³/mol. The van der Waals surface area contributed by atoms with E-state index in [1.54, 1.807) is 13.8 Å². The van der Waals surface area contributed by atoms with Crippen LogP contribution in [0, 0.1) is 0 Å². The number of rotatable bonds is 8. The summed E-state index contributed by atoms with van der Waals surface area (Å²) in [6.07, 6.45) is 0.382. The molecule has 1 unspecified atom stereocenters. The minimum absolute atomic E-state index is 0.195. The van der Waals surface area contributed by atoms with Crippen LogP contribution >= 0.6 is 0 Å². The third kappa shape index (κ3) is 6.76. The van der Waals surface area contributed by atoms with Crippen LogP contribution in [0.1, 0.15) is 33.1 Å². The Morgan fingerprint density at radius 3 is 2.38 bits per heavy atom. The SMILES string of the molecule is CCOC(=O)CCC(C)(O)CC(OC)OC. The summed E-state index contributed by atoms with van der Waals surface area (Å²) in [5.74, 6) is -0.297. The molecule has 0 aliphatic rings. The smallest absolute Gasteiger partial charge is 0.305 e. The van der Waals surface area contributed by atoms with Gasteiger partial charge in [-0.05, 0) is 20.3 Å². The van der Waals surface area contributed by atoms with Gasteiger partial charge in [0.25, 0.3) is 0 Å². The van der Waals surface area contributed by atoms with Crippen molar-refractivity contribution in [2.24, 2.45) is 0 Å². The van der Waals surface area contributed by atoms with Gasteiger partial charge in [-0.2, -0.15) is 0 Å². The maximum Gasteiger partial charge on any atom is 0.305 e. The molecule has 0 aliphatic carbocycles. The Bertz CT molecular complexity index is 199. The molecule has 0 aromatic rings. The van der Waals surface area contributed by atoms with E-state index < -0.39 is 11.9 Å². The quantitative estimate of drug-likeness (QED) is 0.503. The van der Waals surface area contributed by atoms with Gasteiger partial charge in [-0.25, -0.2) is 0 Å². The van der Waals surface area contributed by atoms with Crippen LogP contribution < -0.4 is 0 Å². The molecule has 0 aromatic carbocycles. The number of methoxy groups -OCH3 is 2. The fourth-order valence-corrected chi connectivity index (χ4v) is 1.33. The first-order valence-electron chi connectivity index (χ1n) is 5.38. The lowest BCUT2D eigenvalue weighted by molar-refractivity contribution is -0.151. The van der Waals surface area contributed by atoms with E-state index in [0.717, 1.165) is 0 Å². The number of carbonyl (C=O) groups excluding carboxylic acids is 1. The molecule has 0 aromatic heterocycles. The second-order valence-corrected chi connectivity index (χ2v) is 3.91. The first kappa shape index (κ1) is 15.3. The molecule has 1 N–H and O–H groups in total. The topological polar surface area (TPSA) is 65.0 Å². The number of esters is 1. The summed E-state index contributed by atoms with van der Waals surface area (Å²) in [4.78, 5) is 11.1. The molecule has 0 heterocycles. The second-order valence-electron chi connectivity index (χ2n) is 3.91. The molecule has 0 fully saturated rings. The monoisotopic (exact) mass is 234 g/mol. The molecule has 5 nitrogen and oxygen atoms in total. The van der Waals surface area contributed by atoms with E-state index in [1.165, 1.54) is 14.2 Å². The highest BCUT2D eigenvalue weighted by Crippen LogP contribution is 2.20. The zero-order chi connectivity index (χ0) is 12.6. The molecule has 0 saturated heterocycles. The van der Waals surface area contributed by atoms with E-state index in [2.05, 4.69) is 0 Å². The zero-order valence-electron chi connectivity index (χ0n) is 10.5. The fourth-order valence-electron chi connectivity index (χ4n) is 1.33. The molecule has 0 amide bonds. The number of carbonyl (C=O) groups is 1. The summed E-state index contributed by atoms with van der Waals surface area (Å²) in [7, 11) is 3.02. The van der Waals surface area contributed by atoms with Gasteiger partial charge < -0.3 is 19.3 Å². The van der Waals surface area contributed by atoms with Gasteiger partial charge in [-0.15, -0.1) is 0 Å². The highest BCUT2D eigenvalue weighted by Gasteiger charge is 2.26. The van der Waals surface area contributed by atoms with E-state index >= 15 is 0 Å². The Balaban J connectivity index is 3.98. The van der Waals surface area contributed by atoms with Gasteiger partial charge >= 0.3 is 5.97 Å². The average Bonchev–Trinajstić information content (AvgIpc) is 2.24. The molecule has 0 aliphatic heterocycles. The number of hydrogen-bond acceptors (Lipinski definition) is 5. The minimum Gasteiger partial charge on any atom is -0.466 e. The maximum absolute atomic E-state index is 11.1. The van der Waals surface area contributed by atoms with Crippen molar-refractivity contribution in [2.45, 2.75) is 45.0 Å². The molecular weight excluding hydrogens is 212 g/mol. The highest BCUT2D eigenvalue weighted by atomic mass is 16.7. The lowest BCUT2D eigenvalue weighted by Crippen LogP contribution is -2.32. The van der Waals surface area contributed by atoms with E-state index in [9.17, 15) is 9.90 Å². The van der Waals surface area contributed by atoms with Crippen molar-refractivity contribution >= 4 is 5.97 Å². The Hall–Kier alpha value is -0.650. The third-order valence-electron chi connectivity index (χ3n) is 2.31. The number of hydrogen-bond donors (Lipinski definition) is 1. The minimum atomic E-state index is -0.997. The van der Waals surface area contributed by atoms with Gasteiger partial charge in [0.2, 0.25) is 0 Å². The van der Waals surface area contributed by atoms with Gasteiger partial charge in [0.05, 0.1) is 12.2 Å². The fraction of sp³-hybridized carbons (Fsp3) is 0.909. The van der Waals surface area contributed by atoms with Gasteiger partial charge in [-0.3, -0.25) is 4.79 Å². The Labute approximate surface area is 96.7 Å². The van der Waals surface area contributed by atoms with E-state index in [0.29, 0.717) is 19.4 Å². The largest absolute Gasteiger partial charge is 0.466 e. The van der Waals surface area contributed by atoms with Crippen LogP contribution in [-0.4, -0.2) is 43.8 Å². The van der Waals surface area contributed by atoms with Crippen molar-refractivity contribution in [1.29, 1.82) is 0 Å². The van der Waals surface area contributed by atoms with Crippen LogP contribution in [0.2, 0.25) is 0 Å². The Morgan fingerprint density at radius 2 is 1.94 bits per heavy atom. The second kappa shape index (κ2) is 7.60. The van der Waals surface area contributed by atoms with Crippen molar-refractivity contribution in [2.75, 3.05) is 20.8 Å². The normalized spacial score (nSPS) is 14.9. The summed E-state index contributed by atoms with van der Waals surface area (Å²) in [6, 6.07) is 0. The molecular formula is C11H22O5.